The van der Waals surface area contributed by atoms with Crippen molar-refractivity contribution in [3.63, 3.8) is 0 Å². The number of hydrogen-bond acceptors (Lipinski definition) is 2. The number of nitrogens with one attached hydrogen (secondary N) is 1. The average Bonchev–Trinajstić information content (AvgIpc) is 3.15. The average molecular weight is 432 g/mol. The minimum atomic E-state index is -0.931. The monoisotopic (exact) mass is 431 g/mol. The van der Waals surface area contributed by atoms with Crippen LogP contribution in [-0.2, 0) is 17.8 Å². The fourth-order valence-corrected chi connectivity index (χ4v) is 4.61. The molecule has 1 aliphatic rings. The fraction of sp³-hybridized carbons (Fsp3) is 0.407. The number of nitrogens with zero attached hydrogens (tertiary/aromatic N) is 2. The van der Waals surface area contributed by atoms with Crippen molar-refractivity contribution in [2.75, 3.05) is 13.1 Å². The van der Waals surface area contributed by atoms with Gasteiger partial charge in [0.1, 0.15) is 11.2 Å². The van der Waals surface area contributed by atoms with Gasteiger partial charge in [0.25, 0.3) is 5.91 Å². The second kappa shape index (κ2) is 9.19. The van der Waals surface area contributed by atoms with E-state index in [9.17, 15) is 9.59 Å². The molecule has 168 valence electrons. The Morgan fingerprint density at radius 1 is 1.09 bits per heavy atom. The molecular weight excluding hydrogens is 398 g/mol. The van der Waals surface area contributed by atoms with Crippen molar-refractivity contribution in [2.45, 2.75) is 52.1 Å². The molecule has 1 aromatic heterocycles. The van der Waals surface area contributed by atoms with Crippen LogP contribution in [-0.4, -0.2) is 39.9 Å². The number of fused-ring (bicyclic) bond motifs is 3. The third-order valence-corrected chi connectivity index (χ3v) is 6.52. The molecule has 0 saturated carbocycles. The van der Waals surface area contributed by atoms with Crippen LogP contribution in [0.1, 0.15) is 49.7 Å². The number of carbonyl (C=O) groups excluding carboxylic acids is 2. The van der Waals surface area contributed by atoms with Crippen molar-refractivity contribution in [3.8, 4) is 0 Å². The molecule has 1 aliphatic heterocycles. The number of para-hydroxylation sites is 1. The predicted molar refractivity (Wildman–Crippen MR) is 129 cm³/mol. The molecule has 1 N–H and O–H groups in total. The highest BCUT2D eigenvalue weighted by Crippen LogP contribution is 2.32. The maximum absolute atomic E-state index is 13.7. The van der Waals surface area contributed by atoms with E-state index >= 15 is 0 Å². The lowest BCUT2D eigenvalue weighted by Crippen LogP contribution is -2.64. The van der Waals surface area contributed by atoms with E-state index in [1.807, 2.05) is 60.0 Å². The van der Waals surface area contributed by atoms with Crippen molar-refractivity contribution in [1.82, 2.24) is 14.8 Å². The van der Waals surface area contributed by atoms with Crippen LogP contribution >= 0.6 is 0 Å². The zero-order valence-corrected chi connectivity index (χ0v) is 19.3. The van der Waals surface area contributed by atoms with Crippen molar-refractivity contribution < 1.29 is 9.59 Å². The highest BCUT2D eigenvalue weighted by Gasteiger charge is 2.47. The summed E-state index contributed by atoms with van der Waals surface area (Å²) >= 11 is 0. The smallest absolute Gasteiger partial charge is 0.271 e. The van der Waals surface area contributed by atoms with Crippen LogP contribution in [0.3, 0.4) is 0 Å². The van der Waals surface area contributed by atoms with Gasteiger partial charge in [0.15, 0.2) is 0 Å². The van der Waals surface area contributed by atoms with E-state index in [4.69, 9.17) is 0 Å². The Kier molecular flexibility index (Phi) is 6.35. The molecule has 2 heterocycles. The normalized spacial score (nSPS) is 18.2. The summed E-state index contributed by atoms with van der Waals surface area (Å²) in [5.74, 6) is 0.370. The molecule has 32 heavy (non-hydrogen) atoms. The Morgan fingerprint density at radius 3 is 2.56 bits per heavy atom. The summed E-state index contributed by atoms with van der Waals surface area (Å²) in [5, 5.41) is 4.14. The van der Waals surface area contributed by atoms with E-state index in [1.165, 1.54) is 5.56 Å². The van der Waals surface area contributed by atoms with E-state index < -0.39 is 5.54 Å². The van der Waals surface area contributed by atoms with Crippen LogP contribution in [0.15, 0.2) is 60.7 Å². The Morgan fingerprint density at radius 2 is 1.81 bits per heavy atom. The van der Waals surface area contributed by atoms with Gasteiger partial charge in [0, 0.05) is 24.0 Å². The first-order chi connectivity index (χ1) is 15.4. The van der Waals surface area contributed by atoms with Crippen LogP contribution < -0.4 is 5.32 Å². The summed E-state index contributed by atoms with van der Waals surface area (Å²) in [7, 11) is 0. The minimum Gasteiger partial charge on any atom is -0.354 e. The quantitative estimate of drug-likeness (QED) is 0.564. The van der Waals surface area contributed by atoms with Crippen molar-refractivity contribution in [1.29, 1.82) is 0 Å². The van der Waals surface area contributed by atoms with E-state index in [2.05, 4.69) is 31.3 Å². The summed E-state index contributed by atoms with van der Waals surface area (Å²) in [4.78, 5) is 28.9. The molecule has 0 aliphatic carbocycles. The van der Waals surface area contributed by atoms with Crippen molar-refractivity contribution in [3.05, 3.63) is 71.9 Å². The molecule has 0 unspecified atom stereocenters. The van der Waals surface area contributed by atoms with Crippen LogP contribution in [0.5, 0.6) is 0 Å². The Balaban J connectivity index is 1.62. The molecule has 5 heteroatoms. The van der Waals surface area contributed by atoms with Gasteiger partial charge in [-0.15, -0.1) is 0 Å². The standard InChI is InChI=1S/C27H33N3O2/c1-20(2)15-16-28-26(32)27(3)19-29-23-14-8-7-13-22(23)18-24(29)25(31)30(27)17-9-12-21-10-5-4-6-11-21/h4-8,10-11,13-14,18,20H,9,12,15-17,19H2,1-3H3,(H,28,32)/t27-/m1/s1. The summed E-state index contributed by atoms with van der Waals surface area (Å²) < 4.78 is 2.02. The predicted octanol–water partition coefficient (Wildman–Crippen LogP) is 4.65. The zero-order valence-electron chi connectivity index (χ0n) is 19.3. The first-order valence-electron chi connectivity index (χ1n) is 11.6. The van der Waals surface area contributed by atoms with Gasteiger partial charge in [-0.05, 0) is 49.8 Å². The minimum absolute atomic E-state index is 0.0676. The topological polar surface area (TPSA) is 54.3 Å². The molecule has 0 spiro atoms. The molecule has 0 saturated heterocycles. The number of amides is 2. The molecular formula is C27H33N3O2. The zero-order chi connectivity index (χ0) is 22.7. The van der Waals surface area contributed by atoms with Gasteiger partial charge in [-0.3, -0.25) is 9.59 Å². The number of benzene rings is 2. The maximum Gasteiger partial charge on any atom is 0.271 e. The van der Waals surface area contributed by atoms with Gasteiger partial charge in [0.2, 0.25) is 5.91 Å². The lowest BCUT2D eigenvalue weighted by Gasteiger charge is -2.44. The molecule has 3 aromatic rings. The Hall–Kier alpha value is -3.08. The number of aryl methyl sites for hydroxylation is 1. The van der Waals surface area contributed by atoms with Crippen molar-refractivity contribution in [2.24, 2.45) is 5.92 Å². The van der Waals surface area contributed by atoms with Crippen LogP contribution in [0, 0.1) is 5.92 Å². The van der Waals surface area contributed by atoms with Gasteiger partial charge in [-0.2, -0.15) is 0 Å². The van der Waals surface area contributed by atoms with Gasteiger partial charge in [0.05, 0.1) is 6.54 Å². The number of aromatic nitrogens is 1. The SMILES string of the molecule is CC(C)CCNC(=O)[C@@]1(C)Cn2c(cc3ccccc32)C(=O)N1CCCc1ccccc1. The van der Waals surface area contributed by atoms with Crippen LogP contribution in [0.2, 0.25) is 0 Å². The molecule has 0 bridgehead atoms. The van der Waals surface area contributed by atoms with Gasteiger partial charge < -0.3 is 14.8 Å². The Labute approximate surface area is 190 Å². The summed E-state index contributed by atoms with van der Waals surface area (Å²) in [5.41, 5.74) is 1.98. The third-order valence-electron chi connectivity index (χ3n) is 6.52. The molecule has 1 atom stereocenters. The van der Waals surface area contributed by atoms with E-state index in [0.717, 1.165) is 30.2 Å². The van der Waals surface area contributed by atoms with E-state index in [1.54, 1.807) is 4.90 Å². The molecule has 2 aromatic carbocycles. The first kappa shape index (κ1) is 22.1. The highest BCUT2D eigenvalue weighted by molar-refractivity contribution is 6.03. The Bertz CT molecular complexity index is 1100. The van der Waals surface area contributed by atoms with E-state index in [-0.39, 0.29) is 11.8 Å². The highest BCUT2D eigenvalue weighted by atomic mass is 16.2. The number of hydrogen-bond donors (Lipinski definition) is 1. The third kappa shape index (κ3) is 4.29. The molecule has 5 nitrogen and oxygen atoms in total. The fourth-order valence-electron chi connectivity index (χ4n) is 4.61. The van der Waals surface area contributed by atoms with Crippen molar-refractivity contribution >= 4 is 22.7 Å². The second-order valence-corrected chi connectivity index (χ2v) is 9.43. The van der Waals surface area contributed by atoms with E-state index in [0.29, 0.717) is 31.2 Å². The lowest BCUT2D eigenvalue weighted by molar-refractivity contribution is -0.132. The molecule has 0 radical (unpaired) electrons. The number of rotatable bonds is 8. The first-order valence-corrected chi connectivity index (χ1v) is 11.6. The largest absolute Gasteiger partial charge is 0.354 e. The maximum atomic E-state index is 13.7. The second-order valence-electron chi connectivity index (χ2n) is 9.43. The lowest BCUT2D eigenvalue weighted by atomic mass is 9.93. The summed E-state index contributed by atoms with van der Waals surface area (Å²) in [6.45, 7) is 7.83. The molecule has 0 fully saturated rings. The van der Waals surface area contributed by atoms with Gasteiger partial charge in [-0.25, -0.2) is 0 Å². The van der Waals surface area contributed by atoms with Gasteiger partial charge in [-0.1, -0.05) is 62.4 Å². The summed E-state index contributed by atoms with van der Waals surface area (Å²) in [6, 6.07) is 20.2. The number of carbonyl (C=O) groups is 2. The molecule has 2 amide bonds. The molecule has 4 rings (SSSR count). The van der Waals surface area contributed by atoms with Crippen LogP contribution in [0.4, 0.5) is 0 Å². The van der Waals surface area contributed by atoms with Gasteiger partial charge >= 0.3 is 0 Å². The summed E-state index contributed by atoms with van der Waals surface area (Å²) in [6.07, 6.45) is 2.60. The van der Waals surface area contributed by atoms with Crippen LogP contribution in [0.25, 0.3) is 10.9 Å².